The summed E-state index contributed by atoms with van der Waals surface area (Å²) in [7, 11) is -4.55. The summed E-state index contributed by atoms with van der Waals surface area (Å²) in [5.74, 6) is -2.05. The lowest BCUT2D eigenvalue weighted by Gasteiger charge is -2.26. The summed E-state index contributed by atoms with van der Waals surface area (Å²) in [5.41, 5.74) is -2.57. The van der Waals surface area contributed by atoms with Crippen molar-refractivity contribution in [3.05, 3.63) is 82.1 Å². The lowest BCUT2D eigenvalue weighted by atomic mass is 9.85. The van der Waals surface area contributed by atoms with Gasteiger partial charge in [-0.2, -0.15) is 0 Å². The highest BCUT2D eigenvalue weighted by Crippen LogP contribution is 2.45. The van der Waals surface area contributed by atoms with E-state index in [-0.39, 0.29) is 15.8 Å². The van der Waals surface area contributed by atoms with Gasteiger partial charge in [0.2, 0.25) is 10.0 Å². The Hall–Kier alpha value is -3.61. The van der Waals surface area contributed by atoms with Gasteiger partial charge in [0.05, 0.1) is 17.1 Å². The van der Waals surface area contributed by atoms with Crippen molar-refractivity contribution in [3.8, 4) is 5.69 Å². The number of fused-ring (bicyclic) bond motifs is 1. The van der Waals surface area contributed by atoms with Crippen LogP contribution in [0.5, 0.6) is 0 Å². The van der Waals surface area contributed by atoms with Crippen LogP contribution in [0.1, 0.15) is 26.3 Å². The number of pyridine rings is 1. The van der Waals surface area contributed by atoms with Crippen molar-refractivity contribution in [2.45, 2.75) is 30.4 Å². The molecule has 0 radical (unpaired) electrons. The molecule has 0 saturated heterocycles. The SMILES string of the molecule is CC(C)(C)c1c(F)ccc(N(C(=O)O)c2c(S(N)(=O)=O)sc3c2ccc(=O)n3-c2ccccc2)c1F. The predicted octanol–water partition coefficient (Wildman–Crippen LogP) is 5.09. The van der Waals surface area contributed by atoms with Crippen LogP contribution in [0, 0.1) is 11.6 Å². The lowest BCUT2D eigenvalue weighted by molar-refractivity contribution is 0.204. The summed E-state index contributed by atoms with van der Waals surface area (Å²) >= 11 is 0.574. The Balaban J connectivity index is 2.15. The van der Waals surface area contributed by atoms with Crippen molar-refractivity contribution in [1.29, 1.82) is 0 Å². The first-order valence-corrected chi connectivity index (χ1v) is 12.9. The number of aromatic nitrogens is 1. The molecule has 8 nitrogen and oxygen atoms in total. The molecule has 2 heterocycles. The Morgan fingerprint density at radius 3 is 2.25 bits per heavy atom. The minimum Gasteiger partial charge on any atom is -0.464 e. The number of rotatable bonds is 4. The molecular weight excluding hydrogens is 512 g/mol. The molecule has 0 saturated carbocycles. The van der Waals surface area contributed by atoms with Crippen LogP contribution in [-0.4, -0.2) is 24.2 Å². The smallest absolute Gasteiger partial charge is 0.416 e. The average molecular weight is 534 g/mol. The number of amides is 1. The third-order valence-electron chi connectivity index (χ3n) is 5.43. The molecule has 4 rings (SSSR count). The van der Waals surface area contributed by atoms with E-state index >= 15 is 4.39 Å². The van der Waals surface area contributed by atoms with Gasteiger partial charge in [0.25, 0.3) is 5.56 Å². The maximum absolute atomic E-state index is 15.7. The van der Waals surface area contributed by atoms with Gasteiger partial charge in [-0.05, 0) is 35.7 Å². The maximum Gasteiger partial charge on any atom is 0.416 e. The largest absolute Gasteiger partial charge is 0.464 e. The van der Waals surface area contributed by atoms with E-state index in [0.29, 0.717) is 21.9 Å². The molecule has 0 aliphatic rings. The second kappa shape index (κ2) is 8.80. The number of para-hydroxylation sites is 1. The number of anilines is 2. The van der Waals surface area contributed by atoms with E-state index in [0.717, 1.165) is 18.2 Å². The van der Waals surface area contributed by atoms with Gasteiger partial charge in [-0.3, -0.25) is 9.36 Å². The first-order chi connectivity index (χ1) is 16.7. The van der Waals surface area contributed by atoms with Crippen molar-refractivity contribution in [3.63, 3.8) is 0 Å². The zero-order valence-corrected chi connectivity index (χ0v) is 21.0. The first kappa shape index (κ1) is 25.5. The third-order valence-corrected chi connectivity index (χ3v) is 8.07. The number of carbonyl (C=O) groups is 1. The van der Waals surface area contributed by atoms with E-state index in [1.165, 1.54) is 10.6 Å². The molecular formula is C24H21F2N3O5S2. The summed E-state index contributed by atoms with van der Waals surface area (Å²) in [6, 6.07) is 12.5. The zero-order chi connectivity index (χ0) is 26.6. The minimum absolute atomic E-state index is 0.0240. The van der Waals surface area contributed by atoms with Gasteiger partial charge < -0.3 is 5.11 Å². The highest BCUT2D eigenvalue weighted by molar-refractivity contribution is 7.91. The quantitative estimate of drug-likeness (QED) is 0.378. The van der Waals surface area contributed by atoms with Crippen LogP contribution in [0.3, 0.4) is 0 Å². The second-order valence-electron chi connectivity index (χ2n) is 8.97. The molecule has 3 N–H and O–H groups in total. The Morgan fingerprint density at radius 2 is 1.69 bits per heavy atom. The van der Waals surface area contributed by atoms with Crippen molar-refractivity contribution in [2.24, 2.45) is 5.14 Å². The van der Waals surface area contributed by atoms with E-state index in [1.807, 2.05) is 0 Å². The number of thiophene rings is 1. The molecule has 0 aliphatic carbocycles. The van der Waals surface area contributed by atoms with E-state index < -0.39 is 54.3 Å². The van der Waals surface area contributed by atoms with E-state index in [4.69, 9.17) is 5.14 Å². The topological polar surface area (TPSA) is 123 Å². The molecule has 2 aromatic heterocycles. The third kappa shape index (κ3) is 4.27. The standard InChI is InChI=1S/C24H21F2N3O5S2/c1-24(2,3)18-15(25)10-11-16(19(18)26)29(23(31)32)20-14-9-12-17(30)28(13-7-5-4-6-8-13)21(14)35-22(20)36(27,33)34/h4-12H,1-3H3,(H,31,32)(H2,27,33,34). The van der Waals surface area contributed by atoms with Crippen molar-refractivity contribution >= 4 is 49.0 Å². The van der Waals surface area contributed by atoms with Crippen LogP contribution in [-0.2, 0) is 15.4 Å². The Morgan fingerprint density at radius 1 is 1.06 bits per heavy atom. The van der Waals surface area contributed by atoms with Crippen LogP contribution in [0.2, 0.25) is 0 Å². The summed E-state index contributed by atoms with van der Waals surface area (Å²) in [6.45, 7) is 4.66. The number of carboxylic acid groups (broad SMARTS) is 1. The molecule has 0 atom stereocenters. The molecule has 36 heavy (non-hydrogen) atoms. The highest BCUT2D eigenvalue weighted by atomic mass is 32.2. The molecule has 0 spiro atoms. The monoisotopic (exact) mass is 533 g/mol. The number of sulfonamides is 1. The van der Waals surface area contributed by atoms with E-state index in [1.54, 1.807) is 51.1 Å². The average Bonchev–Trinajstić information content (AvgIpc) is 3.14. The molecule has 188 valence electrons. The fourth-order valence-corrected chi connectivity index (χ4v) is 6.20. The second-order valence-corrected chi connectivity index (χ2v) is 11.7. The van der Waals surface area contributed by atoms with E-state index in [2.05, 4.69) is 0 Å². The van der Waals surface area contributed by atoms with Crippen molar-refractivity contribution < 1.29 is 27.1 Å². The van der Waals surface area contributed by atoms with Crippen LogP contribution in [0.25, 0.3) is 15.9 Å². The van der Waals surface area contributed by atoms with Crippen LogP contribution in [0.4, 0.5) is 25.0 Å². The summed E-state index contributed by atoms with van der Waals surface area (Å²) < 4.78 is 56.1. The molecule has 1 amide bonds. The molecule has 2 aromatic carbocycles. The number of nitrogens with two attached hydrogens (primary N) is 1. The number of hydrogen-bond acceptors (Lipinski definition) is 5. The van der Waals surface area contributed by atoms with Gasteiger partial charge in [0.15, 0.2) is 10.0 Å². The molecule has 0 bridgehead atoms. The molecule has 0 fully saturated rings. The first-order valence-electron chi connectivity index (χ1n) is 10.5. The number of halogens is 2. The van der Waals surface area contributed by atoms with Crippen LogP contribution in [0.15, 0.2) is 63.6 Å². The number of benzene rings is 2. The van der Waals surface area contributed by atoms with Gasteiger partial charge in [0, 0.05) is 17.0 Å². The van der Waals surface area contributed by atoms with Gasteiger partial charge >= 0.3 is 6.09 Å². The van der Waals surface area contributed by atoms with Gasteiger partial charge in [0.1, 0.15) is 10.6 Å². The molecule has 0 aliphatic heterocycles. The number of primary sulfonamides is 1. The zero-order valence-electron chi connectivity index (χ0n) is 19.3. The Labute approximate surface area is 208 Å². The summed E-state index contributed by atoms with van der Waals surface area (Å²) in [5, 5.41) is 15.6. The summed E-state index contributed by atoms with van der Waals surface area (Å²) in [4.78, 5) is 25.8. The minimum atomic E-state index is -4.55. The summed E-state index contributed by atoms with van der Waals surface area (Å²) in [6.07, 6.45) is -1.73. The number of hydrogen-bond donors (Lipinski definition) is 2. The van der Waals surface area contributed by atoms with Gasteiger partial charge in [-0.1, -0.05) is 39.0 Å². The normalized spacial score (nSPS) is 12.2. The fourth-order valence-electron chi connectivity index (χ4n) is 3.99. The Bertz CT molecular complexity index is 1670. The predicted molar refractivity (Wildman–Crippen MR) is 134 cm³/mol. The van der Waals surface area contributed by atoms with Crippen molar-refractivity contribution in [1.82, 2.24) is 4.57 Å². The Kier molecular flexibility index (Phi) is 6.23. The van der Waals surface area contributed by atoms with Crippen LogP contribution >= 0.6 is 11.3 Å². The van der Waals surface area contributed by atoms with Gasteiger partial charge in [-0.25, -0.2) is 32.0 Å². The highest BCUT2D eigenvalue weighted by Gasteiger charge is 2.35. The van der Waals surface area contributed by atoms with Gasteiger partial charge in [-0.15, -0.1) is 11.3 Å². The molecule has 12 heteroatoms. The fraction of sp³-hybridized carbons (Fsp3) is 0.167. The molecule has 4 aromatic rings. The van der Waals surface area contributed by atoms with Crippen LogP contribution < -0.4 is 15.6 Å². The number of nitrogens with zero attached hydrogens (tertiary/aromatic N) is 2. The van der Waals surface area contributed by atoms with Crippen molar-refractivity contribution in [2.75, 3.05) is 4.90 Å². The molecule has 0 unspecified atom stereocenters. The maximum atomic E-state index is 15.7. The van der Waals surface area contributed by atoms with E-state index in [9.17, 15) is 27.5 Å². The lowest BCUT2D eigenvalue weighted by Crippen LogP contribution is -2.28.